The summed E-state index contributed by atoms with van der Waals surface area (Å²) in [7, 11) is 1.63. The number of fused-ring (bicyclic) bond motifs is 1. The van der Waals surface area contributed by atoms with Crippen LogP contribution in [-0.2, 0) is 4.74 Å². The van der Waals surface area contributed by atoms with Gasteiger partial charge in [0, 0.05) is 30.0 Å². The average molecular weight is 377 g/mol. The van der Waals surface area contributed by atoms with Crippen molar-refractivity contribution < 1.29 is 13.9 Å². The van der Waals surface area contributed by atoms with Crippen LogP contribution in [-0.4, -0.2) is 35.3 Å². The van der Waals surface area contributed by atoms with Crippen molar-refractivity contribution in [3.8, 4) is 28.3 Å². The maximum absolute atomic E-state index is 14.5. The predicted molar refractivity (Wildman–Crippen MR) is 107 cm³/mol. The Labute approximate surface area is 162 Å². The summed E-state index contributed by atoms with van der Waals surface area (Å²) in [6, 6.07) is 14.7. The largest absolute Gasteiger partial charge is 0.490 e. The molecule has 0 unspecified atom stereocenters. The summed E-state index contributed by atoms with van der Waals surface area (Å²) in [5.74, 6) is 0.344. The van der Waals surface area contributed by atoms with Crippen LogP contribution < -0.4 is 4.74 Å². The molecular weight excluding hydrogens is 357 g/mol. The monoisotopic (exact) mass is 377 g/mol. The lowest BCUT2D eigenvalue weighted by Gasteiger charge is -2.07. The van der Waals surface area contributed by atoms with E-state index >= 15 is 0 Å². The van der Waals surface area contributed by atoms with E-state index in [4.69, 9.17) is 9.47 Å². The van der Waals surface area contributed by atoms with Gasteiger partial charge in [-0.25, -0.2) is 9.37 Å². The lowest BCUT2D eigenvalue weighted by Crippen LogP contribution is -2.04. The molecule has 3 aromatic heterocycles. The molecule has 0 bridgehead atoms. The highest BCUT2D eigenvalue weighted by atomic mass is 19.1. The highest BCUT2D eigenvalue weighted by molar-refractivity contribution is 5.80. The molecule has 0 fully saturated rings. The van der Waals surface area contributed by atoms with Crippen LogP contribution in [0.1, 0.15) is 5.69 Å². The summed E-state index contributed by atoms with van der Waals surface area (Å²) in [4.78, 5) is 12.0. The molecule has 6 heteroatoms. The second kappa shape index (κ2) is 7.78. The number of pyridine rings is 2. The maximum Gasteiger partial charge on any atom is 0.151 e. The Kier molecular flexibility index (Phi) is 5.04. The highest BCUT2D eigenvalue weighted by Gasteiger charge is 2.11. The summed E-state index contributed by atoms with van der Waals surface area (Å²) >= 11 is 0. The van der Waals surface area contributed by atoms with E-state index in [1.165, 1.54) is 6.07 Å². The van der Waals surface area contributed by atoms with Crippen molar-refractivity contribution in [1.82, 2.24) is 15.0 Å². The number of halogens is 1. The molecule has 1 N–H and O–H groups in total. The molecule has 4 rings (SSSR count). The molecule has 0 radical (unpaired) electrons. The van der Waals surface area contributed by atoms with E-state index in [9.17, 15) is 4.39 Å². The lowest BCUT2D eigenvalue weighted by molar-refractivity contribution is 0.146. The number of aromatic nitrogens is 3. The zero-order valence-electron chi connectivity index (χ0n) is 15.7. The molecular formula is C22H20FN3O2. The minimum Gasteiger partial charge on any atom is -0.490 e. The number of methoxy groups -OCH3 is 1. The van der Waals surface area contributed by atoms with Crippen molar-refractivity contribution in [3.63, 3.8) is 0 Å². The Balaban J connectivity index is 1.56. The molecule has 0 aliphatic carbocycles. The molecule has 1 aromatic carbocycles. The topological polar surface area (TPSA) is 60.0 Å². The van der Waals surface area contributed by atoms with Crippen molar-refractivity contribution in [2.75, 3.05) is 20.3 Å². The van der Waals surface area contributed by atoms with Gasteiger partial charge in [-0.1, -0.05) is 24.3 Å². The number of ether oxygens (including phenoxy) is 2. The van der Waals surface area contributed by atoms with E-state index in [0.29, 0.717) is 30.2 Å². The van der Waals surface area contributed by atoms with Gasteiger partial charge in [-0.2, -0.15) is 0 Å². The van der Waals surface area contributed by atoms with Crippen LogP contribution in [0.25, 0.3) is 33.5 Å². The average Bonchev–Trinajstić information content (AvgIpc) is 3.07. The number of nitrogens with one attached hydrogen (secondary N) is 1. The molecule has 0 atom stereocenters. The molecule has 4 aromatic rings. The first-order chi connectivity index (χ1) is 13.6. The normalized spacial score (nSPS) is 11.1. The number of benzene rings is 1. The Morgan fingerprint density at radius 2 is 1.79 bits per heavy atom. The van der Waals surface area contributed by atoms with Gasteiger partial charge in [0.05, 0.1) is 29.5 Å². The van der Waals surface area contributed by atoms with E-state index in [0.717, 1.165) is 28.0 Å². The second-order valence-corrected chi connectivity index (χ2v) is 6.50. The van der Waals surface area contributed by atoms with Crippen molar-refractivity contribution >= 4 is 11.0 Å². The number of hydrogen-bond donors (Lipinski definition) is 1. The third-order valence-corrected chi connectivity index (χ3v) is 4.44. The van der Waals surface area contributed by atoms with E-state index in [1.807, 2.05) is 49.4 Å². The van der Waals surface area contributed by atoms with Gasteiger partial charge < -0.3 is 14.5 Å². The first kappa shape index (κ1) is 18.1. The zero-order chi connectivity index (χ0) is 19.5. The quantitative estimate of drug-likeness (QED) is 0.492. The van der Waals surface area contributed by atoms with Crippen molar-refractivity contribution in [3.05, 3.63) is 66.2 Å². The Hall–Kier alpha value is -3.25. The van der Waals surface area contributed by atoms with Crippen LogP contribution in [0.5, 0.6) is 5.75 Å². The summed E-state index contributed by atoms with van der Waals surface area (Å²) in [6.45, 7) is 2.94. The molecule has 142 valence electrons. The number of aromatic amines is 1. The molecule has 0 aliphatic heterocycles. The van der Waals surface area contributed by atoms with E-state index < -0.39 is 0 Å². The number of H-pyrrole nitrogens is 1. The van der Waals surface area contributed by atoms with E-state index in [2.05, 4.69) is 15.0 Å². The Bertz CT molecular complexity index is 1090. The summed E-state index contributed by atoms with van der Waals surface area (Å²) in [5.41, 5.74) is 5.22. The molecule has 0 aliphatic rings. The second-order valence-electron chi connectivity index (χ2n) is 6.50. The minimum atomic E-state index is -0.349. The third kappa shape index (κ3) is 3.73. The predicted octanol–water partition coefficient (Wildman–Crippen LogP) is 4.76. The SMILES string of the molecule is COCCOc1ccc(-c2ccc(-c3nc4cc(C)[nH]c4cc3F)cc2)nc1. The number of aryl methyl sites for hydroxylation is 1. The Morgan fingerprint density at radius 3 is 2.50 bits per heavy atom. The maximum atomic E-state index is 14.5. The van der Waals surface area contributed by atoms with Gasteiger partial charge >= 0.3 is 0 Å². The fourth-order valence-corrected chi connectivity index (χ4v) is 3.05. The zero-order valence-corrected chi connectivity index (χ0v) is 15.7. The Morgan fingerprint density at radius 1 is 1.00 bits per heavy atom. The van der Waals surface area contributed by atoms with Crippen molar-refractivity contribution in [2.45, 2.75) is 6.92 Å². The first-order valence-corrected chi connectivity index (χ1v) is 8.98. The van der Waals surface area contributed by atoms with Crippen molar-refractivity contribution in [1.29, 1.82) is 0 Å². The van der Waals surface area contributed by atoms with E-state index in [-0.39, 0.29) is 5.82 Å². The summed E-state index contributed by atoms with van der Waals surface area (Å²) in [6.07, 6.45) is 1.68. The molecule has 0 saturated carbocycles. The van der Waals surface area contributed by atoms with Gasteiger partial charge in [0.25, 0.3) is 0 Å². The number of hydrogen-bond acceptors (Lipinski definition) is 4. The van der Waals surface area contributed by atoms with Crippen LogP contribution >= 0.6 is 0 Å². The summed E-state index contributed by atoms with van der Waals surface area (Å²) in [5, 5.41) is 0. The fraction of sp³-hybridized carbons (Fsp3) is 0.182. The van der Waals surface area contributed by atoms with Gasteiger partial charge in [-0.05, 0) is 25.1 Å². The van der Waals surface area contributed by atoms with Crippen LogP contribution in [0.3, 0.4) is 0 Å². The first-order valence-electron chi connectivity index (χ1n) is 8.98. The van der Waals surface area contributed by atoms with Crippen LogP contribution in [0.4, 0.5) is 4.39 Å². The van der Waals surface area contributed by atoms with Gasteiger partial charge in [0.1, 0.15) is 18.1 Å². The van der Waals surface area contributed by atoms with Crippen LogP contribution in [0, 0.1) is 12.7 Å². The summed E-state index contributed by atoms with van der Waals surface area (Å²) < 4.78 is 25.0. The lowest BCUT2D eigenvalue weighted by atomic mass is 10.1. The van der Waals surface area contributed by atoms with Gasteiger partial charge in [0.15, 0.2) is 5.82 Å². The fourth-order valence-electron chi connectivity index (χ4n) is 3.05. The molecule has 3 heterocycles. The molecule has 0 amide bonds. The minimum absolute atomic E-state index is 0.341. The molecule has 5 nitrogen and oxygen atoms in total. The van der Waals surface area contributed by atoms with Gasteiger partial charge in [0.2, 0.25) is 0 Å². The standard InChI is InChI=1S/C22H20FN3O2/c1-14-11-20-21(25-14)12-18(23)22(26-20)16-5-3-15(4-6-16)19-8-7-17(13-24-19)28-10-9-27-2/h3-8,11-13,25H,9-10H2,1-2H3. The van der Waals surface area contributed by atoms with E-state index in [1.54, 1.807) is 13.3 Å². The number of nitrogens with zero attached hydrogens (tertiary/aromatic N) is 2. The smallest absolute Gasteiger partial charge is 0.151 e. The van der Waals surface area contributed by atoms with Crippen LogP contribution in [0.15, 0.2) is 54.7 Å². The van der Waals surface area contributed by atoms with Crippen molar-refractivity contribution in [2.24, 2.45) is 0 Å². The van der Waals surface area contributed by atoms with Crippen LogP contribution in [0.2, 0.25) is 0 Å². The van der Waals surface area contributed by atoms with Gasteiger partial charge in [-0.15, -0.1) is 0 Å². The third-order valence-electron chi connectivity index (χ3n) is 4.44. The molecule has 28 heavy (non-hydrogen) atoms. The number of rotatable bonds is 6. The van der Waals surface area contributed by atoms with Gasteiger partial charge in [-0.3, -0.25) is 4.98 Å². The molecule has 0 spiro atoms. The highest BCUT2D eigenvalue weighted by Crippen LogP contribution is 2.27. The molecule has 0 saturated heterocycles.